The first-order valence-electron chi connectivity index (χ1n) is 9.15. The highest BCUT2D eigenvalue weighted by atomic mass is 32.2. The minimum absolute atomic E-state index is 0.105. The molecule has 1 amide bonds. The van der Waals surface area contributed by atoms with Crippen LogP contribution in [0.3, 0.4) is 0 Å². The third kappa shape index (κ3) is 5.63. The lowest BCUT2D eigenvalue weighted by Gasteiger charge is -2.14. The molecule has 11 nitrogen and oxygen atoms in total. The molecule has 0 spiro atoms. The van der Waals surface area contributed by atoms with Crippen LogP contribution in [0.1, 0.15) is 28.9 Å². The summed E-state index contributed by atoms with van der Waals surface area (Å²) in [6, 6.07) is 8.82. The predicted octanol–water partition coefficient (Wildman–Crippen LogP) is 2.44. The quantitative estimate of drug-likeness (QED) is 0.305. The molecule has 0 fully saturated rings. The Kier molecular flexibility index (Phi) is 7.10. The molecule has 0 radical (unpaired) electrons. The summed E-state index contributed by atoms with van der Waals surface area (Å²) in [4.78, 5) is 35.6. The second-order valence-corrected chi connectivity index (χ2v) is 7.55. The number of rotatable bonds is 8. The number of nitrogens with one attached hydrogen (secondary N) is 1. The van der Waals surface area contributed by atoms with E-state index in [1.807, 2.05) is 0 Å². The molecule has 0 aliphatic carbocycles. The van der Waals surface area contributed by atoms with Gasteiger partial charge in [0.15, 0.2) is 6.61 Å². The van der Waals surface area contributed by atoms with Gasteiger partial charge in [0, 0.05) is 24.1 Å². The predicted molar refractivity (Wildman–Crippen MR) is 109 cm³/mol. The van der Waals surface area contributed by atoms with E-state index in [-0.39, 0.29) is 11.3 Å². The Balaban J connectivity index is 1.69. The number of amides is 1. The molecule has 0 saturated carbocycles. The molecule has 1 heterocycles. The van der Waals surface area contributed by atoms with Gasteiger partial charge in [-0.05, 0) is 52.9 Å². The summed E-state index contributed by atoms with van der Waals surface area (Å²) in [7, 11) is 1.60. The number of nitro benzene ring substituents is 1. The molecular weight excluding hydrogens is 443 g/mol. The average Bonchev–Trinajstić information content (AvgIpc) is 3.17. The third-order valence-electron chi connectivity index (χ3n) is 4.26. The van der Waals surface area contributed by atoms with E-state index >= 15 is 0 Å². The van der Waals surface area contributed by atoms with E-state index in [0.717, 1.165) is 17.8 Å². The minimum atomic E-state index is -0.920. The number of tetrazole rings is 1. The van der Waals surface area contributed by atoms with Crippen molar-refractivity contribution in [3.05, 3.63) is 69.5 Å². The Morgan fingerprint density at radius 3 is 2.62 bits per heavy atom. The average molecular weight is 460 g/mol. The van der Waals surface area contributed by atoms with E-state index in [4.69, 9.17) is 4.74 Å². The SMILES string of the molecule is CC(NC(=O)COC(=O)c1cc([N+](=O)[O-])ccc1Sc1nnnn1C)c1ccc(F)cc1. The Morgan fingerprint density at radius 2 is 2.00 bits per heavy atom. The number of hydrogen-bond acceptors (Lipinski definition) is 9. The summed E-state index contributed by atoms with van der Waals surface area (Å²) < 4.78 is 19.5. The fourth-order valence-corrected chi connectivity index (χ4v) is 3.44. The normalized spacial score (nSPS) is 11.6. The smallest absolute Gasteiger partial charge is 0.340 e. The van der Waals surface area contributed by atoms with E-state index in [9.17, 15) is 24.1 Å². The Bertz CT molecular complexity index is 1150. The van der Waals surface area contributed by atoms with Gasteiger partial charge < -0.3 is 10.1 Å². The first-order valence-corrected chi connectivity index (χ1v) is 9.97. The number of ether oxygens (including phenoxy) is 1. The molecule has 0 aliphatic heterocycles. The molecule has 3 rings (SSSR count). The maximum atomic E-state index is 13.0. The second-order valence-electron chi connectivity index (χ2n) is 6.54. The number of carbonyl (C=O) groups is 2. The van der Waals surface area contributed by atoms with E-state index < -0.39 is 35.3 Å². The van der Waals surface area contributed by atoms with Crippen molar-refractivity contribution in [2.24, 2.45) is 7.05 Å². The summed E-state index contributed by atoms with van der Waals surface area (Å²) in [5.74, 6) is -1.91. The molecular formula is C19H17FN6O5S. The van der Waals surface area contributed by atoms with Gasteiger partial charge in [-0.3, -0.25) is 14.9 Å². The zero-order valence-corrected chi connectivity index (χ0v) is 17.7. The molecule has 1 atom stereocenters. The summed E-state index contributed by atoms with van der Waals surface area (Å²) in [6.07, 6.45) is 0. The van der Waals surface area contributed by atoms with Crippen molar-refractivity contribution in [2.75, 3.05) is 6.61 Å². The molecule has 0 aliphatic rings. The summed E-state index contributed by atoms with van der Waals surface area (Å²) in [5, 5.41) is 25.1. The van der Waals surface area contributed by atoms with Crippen LogP contribution in [0.15, 0.2) is 52.5 Å². The van der Waals surface area contributed by atoms with E-state index in [1.165, 1.54) is 41.1 Å². The molecule has 166 valence electrons. The van der Waals surface area contributed by atoms with E-state index in [1.54, 1.807) is 14.0 Å². The maximum absolute atomic E-state index is 13.0. The van der Waals surface area contributed by atoms with Crippen molar-refractivity contribution in [1.82, 2.24) is 25.5 Å². The second kappa shape index (κ2) is 9.96. The summed E-state index contributed by atoms with van der Waals surface area (Å²) in [5.41, 5.74) is 0.249. The number of benzene rings is 2. The number of esters is 1. The zero-order chi connectivity index (χ0) is 23.3. The standard InChI is InChI=1S/C19H17FN6O5S/c1-11(12-3-5-13(20)6-4-12)21-17(27)10-31-18(28)15-9-14(26(29)30)7-8-16(15)32-19-22-23-24-25(19)2/h3-9,11H,10H2,1-2H3,(H,21,27). The fourth-order valence-electron chi connectivity index (χ4n) is 2.61. The number of nitro groups is 1. The van der Waals surface area contributed by atoms with Crippen LogP contribution in [-0.2, 0) is 16.6 Å². The number of carbonyl (C=O) groups excluding carboxylic acids is 2. The van der Waals surface area contributed by atoms with Gasteiger partial charge in [0.1, 0.15) is 5.82 Å². The number of nitrogens with zero attached hydrogens (tertiary/aromatic N) is 5. The largest absolute Gasteiger partial charge is 0.452 e. The number of hydrogen-bond donors (Lipinski definition) is 1. The van der Waals surface area contributed by atoms with Crippen molar-refractivity contribution < 1.29 is 23.6 Å². The van der Waals surface area contributed by atoms with Gasteiger partial charge in [-0.1, -0.05) is 12.1 Å². The van der Waals surface area contributed by atoms with Crippen LogP contribution in [0.4, 0.5) is 10.1 Å². The first-order chi connectivity index (χ1) is 15.2. The van der Waals surface area contributed by atoms with Gasteiger partial charge in [-0.25, -0.2) is 13.9 Å². The highest BCUT2D eigenvalue weighted by Gasteiger charge is 2.21. The molecule has 32 heavy (non-hydrogen) atoms. The van der Waals surface area contributed by atoms with Crippen molar-refractivity contribution in [2.45, 2.75) is 23.0 Å². The monoisotopic (exact) mass is 460 g/mol. The fraction of sp³-hybridized carbons (Fsp3) is 0.211. The van der Waals surface area contributed by atoms with Crippen LogP contribution in [-0.4, -0.2) is 43.6 Å². The van der Waals surface area contributed by atoms with Gasteiger partial charge in [0.05, 0.1) is 16.5 Å². The molecule has 3 aromatic rings. The van der Waals surface area contributed by atoms with Crippen molar-refractivity contribution in [3.8, 4) is 0 Å². The molecule has 13 heteroatoms. The molecule has 2 aromatic carbocycles. The lowest BCUT2D eigenvalue weighted by atomic mass is 10.1. The van der Waals surface area contributed by atoms with Crippen molar-refractivity contribution in [1.29, 1.82) is 0 Å². The number of aromatic nitrogens is 4. The van der Waals surface area contributed by atoms with Crippen LogP contribution in [0.2, 0.25) is 0 Å². The van der Waals surface area contributed by atoms with Crippen LogP contribution in [0.5, 0.6) is 0 Å². The van der Waals surface area contributed by atoms with Crippen LogP contribution >= 0.6 is 11.8 Å². The lowest BCUT2D eigenvalue weighted by molar-refractivity contribution is -0.384. The van der Waals surface area contributed by atoms with Gasteiger partial charge in [-0.15, -0.1) is 5.10 Å². The van der Waals surface area contributed by atoms with Crippen LogP contribution < -0.4 is 5.32 Å². The van der Waals surface area contributed by atoms with Gasteiger partial charge in [0.2, 0.25) is 5.16 Å². The van der Waals surface area contributed by atoms with E-state index in [0.29, 0.717) is 15.6 Å². The minimum Gasteiger partial charge on any atom is -0.452 e. The molecule has 1 unspecified atom stereocenters. The van der Waals surface area contributed by atoms with Gasteiger partial charge in [-0.2, -0.15) is 0 Å². The van der Waals surface area contributed by atoms with Crippen molar-refractivity contribution >= 4 is 29.3 Å². The van der Waals surface area contributed by atoms with Crippen LogP contribution in [0, 0.1) is 15.9 Å². The topological polar surface area (TPSA) is 142 Å². The Hall–Kier alpha value is -3.87. The first kappa shape index (κ1) is 22.8. The van der Waals surface area contributed by atoms with Crippen LogP contribution in [0.25, 0.3) is 0 Å². The molecule has 0 bridgehead atoms. The number of aryl methyl sites for hydroxylation is 1. The third-order valence-corrected chi connectivity index (χ3v) is 5.36. The number of halogens is 1. The zero-order valence-electron chi connectivity index (χ0n) is 16.9. The lowest BCUT2D eigenvalue weighted by Crippen LogP contribution is -2.31. The van der Waals surface area contributed by atoms with Gasteiger partial charge in [0.25, 0.3) is 11.6 Å². The highest BCUT2D eigenvalue weighted by molar-refractivity contribution is 7.99. The molecule has 0 saturated heterocycles. The summed E-state index contributed by atoms with van der Waals surface area (Å²) in [6.45, 7) is 1.08. The highest BCUT2D eigenvalue weighted by Crippen LogP contribution is 2.31. The Morgan fingerprint density at radius 1 is 1.28 bits per heavy atom. The van der Waals surface area contributed by atoms with Gasteiger partial charge >= 0.3 is 5.97 Å². The molecule has 1 N–H and O–H groups in total. The number of non-ortho nitro benzene ring substituents is 1. The summed E-state index contributed by atoms with van der Waals surface area (Å²) >= 11 is 1.01. The van der Waals surface area contributed by atoms with Crippen molar-refractivity contribution in [3.63, 3.8) is 0 Å². The maximum Gasteiger partial charge on any atom is 0.340 e. The molecule has 1 aromatic heterocycles. The van der Waals surface area contributed by atoms with E-state index in [2.05, 4.69) is 20.8 Å². The Labute approximate surface area is 185 Å².